The average Bonchev–Trinajstić information content (AvgIpc) is 3.40. The number of carbonyl (C=O) groups is 2. The third kappa shape index (κ3) is 6.79. The zero-order valence-electron chi connectivity index (χ0n) is 18.3. The fourth-order valence-electron chi connectivity index (χ4n) is 2.97. The number of benzene rings is 2. The summed E-state index contributed by atoms with van der Waals surface area (Å²) in [5, 5.41) is 22.9. The van der Waals surface area contributed by atoms with Gasteiger partial charge in [0.25, 0.3) is 0 Å². The molecule has 0 fully saturated rings. The Labute approximate surface area is 251 Å². The number of nitrogens with one attached hydrogen (secondary N) is 1. The summed E-state index contributed by atoms with van der Waals surface area (Å²) in [5.41, 5.74) is 1.10. The van der Waals surface area contributed by atoms with Gasteiger partial charge >= 0.3 is 51.4 Å². The number of nitrogens with zero attached hydrogens (tertiary/aromatic N) is 4. The Balaban J connectivity index is 0.00000324. The van der Waals surface area contributed by atoms with E-state index in [0.717, 1.165) is 20.4 Å². The summed E-state index contributed by atoms with van der Waals surface area (Å²) in [5.74, 6) is -0.329. The maximum atomic E-state index is 12.4. The van der Waals surface area contributed by atoms with E-state index in [1.54, 1.807) is 41.3 Å². The molecule has 12 heteroatoms. The van der Waals surface area contributed by atoms with Crippen LogP contribution in [0.3, 0.4) is 0 Å². The van der Waals surface area contributed by atoms with Crippen molar-refractivity contribution in [1.82, 2.24) is 19.7 Å². The van der Waals surface area contributed by atoms with Gasteiger partial charge in [0.15, 0.2) is 9.50 Å². The molecule has 0 spiro atoms. The first kappa shape index (κ1) is 27.1. The summed E-state index contributed by atoms with van der Waals surface area (Å²) < 4.78 is 3.99. The number of carbonyl (C=O) groups excluding carboxylic acids is 2. The van der Waals surface area contributed by atoms with E-state index in [0.29, 0.717) is 17.5 Å². The van der Waals surface area contributed by atoms with E-state index in [4.69, 9.17) is 0 Å². The predicted molar refractivity (Wildman–Crippen MR) is 130 cm³/mol. The molecule has 0 saturated heterocycles. The zero-order chi connectivity index (χ0) is 23.2. The second-order valence-corrected chi connectivity index (χ2v) is 9.90. The van der Waals surface area contributed by atoms with Gasteiger partial charge in [-0.25, -0.2) is 4.98 Å². The van der Waals surface area contributed by atoms with Crippen LogP contribution in [0.2, 0.25) is 0 Å². The molecule has 34 heavy (non-hydrogen) atoms. The summed E-state index contributed by atoms with van der Waals surface area (Å²) in [6, 6.07) is 14.1. The molecule has 0 bridgehead atoms. The van der Waals surface area contributed by atoms with Crippen molar-refractivity contribution in [3.05, 3.63) is 72.6 Å². The van der Waals surface area contributed by atoms with Gasteiger partial charge in [0.2, 0.25) is 5.91 Å². The monoisotopic (exact) mass is 535 g/mol. The number of para-hydroxylation sites is 2. The molecule has 4 rings (SSSR count). The van der Waals surface area contributed by atoms with E-state index in [1.165, 1.54) is 23.9 Å². The standard InChI is InChI=1S/C22H19N5O3S3.K/c1-2-11-27-18(12-32-22-24-16-9-5-6-10-17(16)33-22)25-26-21(27)31-13-19(28)23-15-8-4-3-7-14(15)20(29)30;/h2-10H,1,11-13H2,(H,23,28)(H,29,30);/q;+1/p-1. The molecule has 0 atom stereocenters. The second kappa shape index (κ2) is 13.0. The summed E-state index contributed by atoms with van der Waals surface area (Å²) in [7, 11) is 0. The third-order valence-corrected chi connectivity index (χ3v) is 7.60. The van der Waals surface area contributed by atoms with E-state index in [9.17, 15) is 14.7 Å². The van der Waals surface area contributed by atoms with Gasteiger partial charge in [-0.1, -0.05) is 59.9 Å². The molecule has 1 N–H and O–H groups in total. The topological polar surface area (TPSA) is 113 Å². The maximum absolute atomic E-state index is 12.4. The van der Waals surface area contributed by atoms with Crippen LogP contribution in [0.15, 0.2) is 70.7 Å². The number of hydrogen-bond acceptors (Lipinski definition) is 9. The molecule has 0 saturated carbocycles. The molecule has 8 nitrogen and oxygen atoms in total. The number of hydrogen-bond donors (Lipinski definition) is 1. The van der Waals surface area contributed by atoms with Crippen LogP contribution >= 0.6 is 34.9 Å². The van der Waals surface area contributed by atoms with Gasteiger partial charge in [0.05, 0.1) is 27.7 Å². The van der Waals surface area contributed by atoms with Gasteiger partial charge in [0.1, 0.15) is 5.82 Å². The molecular weight excluding hydrogens is 518 g/mol. The first-order valence-electron chi connectivity index (χ1n) is 9.79. The van der Waals surface area contributed by atoms with Gasteiger partial charge in [-0.15, -0.1) is 28.1 Å². The Bertz CT molecular complexity index is 1290. The fourth-order valence-corrected chi connectivity index (χ4v) is 5.75. The first-order chi connectivity index (χ1) is 16.0. The summed E-state index contributed by atoms with van der Waals surface area (Å²) in [6.07, 6.45) is 1.75. The van der Waals surface area contributed by atoms with Crippen LogP contribution in [-0.4, -0.2) is 37.4 Å². The van der Waals surface area contributed by atoms with Crippen molar-refractivity contribution in [2.75, 3.05) is 11.1 Å². The Kier molecular flexibility index (Phi) is 10.3. The van der Waals surface area contributed by atoms with Crippen LogP contribution in [0.25, 0.3) is 10.2 Å². The Morgan fingerprint density at radius 1 is 1.12 bits per heavy atom. The molecule has 2 aromatic heterocycles. The minimum atomic E-state index is -1.35. The van der Waals surface area contributed by atoms with Crippen LogP contribution in [0, 0.1) is 0 Å². The number of anilines is 1. The second-order valence-electron chi connectivity index (χ2n) is 6.70. The van der Waals surface area contributed by atoms with Crippen LogP contribution < -0.4 is 61.8 Å². The maximum Gasteiger partial charge on any atom is 1.00 e. The minimum Gasteiger partial charge on any atom is -0.545 e. The number of fused-ring (bicyclic) bond motifs is 1. The molecule has 168 valence electrons. The first-order valence-corrected chi connectivity index (χ1v) is 12.6. The van der Waals surface area contributed by atoms with Gasteiger partial charge in [-0.3, -0.25) is 4.79 Å². The molecular formula is C22H18KN5O3S3. The molecule has 0 unspecified atom stereocenters. The van der Waals surface area contributed by atoms with E-state index in [-0.39, 0.29) is 74.3 Å². The molecule has 0 aliphatic carbocycles. The third-order valence-electron chi connectivity index (χ3n) is 4.46. The van der Waals surface area contributed by atoms with Gasteiger partial charge < -0.3 is 19.8 Å². The van der Waals surface area contributed by atoms with Crippen molar-refractivity contribution in [1.29, 1.82) is 0 Å². The minimum absolute atomic E-state index is 0. The van der Waals surface area contributed by atoms with Crippen molar-refractivity contribution in [2.45, 2.75) is 21.8 Å². The number of carboxylic acids is 1. The van der Waals surface area contributed by atoms with Gasteiger partial charge in [-0.05, 0) is 18.2 Å². The number of rotatable bonds is 10. The Morgan fingerprint density at radius 3 is 2.65 bits per heavy atom. The molecule has 0 aliphatic rings. The number of aromatic nitrogens is 4. The number of aromatic carboxylic acids is 1. The largest absolute Gasteiger partial charge is 1.00 e. The Hall–Kier alpha value is -1.51. The molecule has 0 aliphatic heterocycles. The molecule has 0 radical (unpaired) electrons. The Morgan fingerprint density at radius 2 is 1.88 bits per heavy atom. The van der Waals surface area contributed by atoms with Gasteiger partial charge in [-0.2, -0.15) is 0 Å². The number of thioether (sulfide) groups is 2. The van der Waals surface area contributed by atoms with Crippen LogP contribution in [0.1, 0.15) is 16.2 Å². The van der Waals surface area contributed by atoms with Crippen molar-refractivity contribution >= 4 is 62.6 Å². The van der Waals surface area contributed by atoms with E-state index in [2.05, 4.69) is 27.1 Å². The van der Waals surface area contributed by atoms with Crippen molar-refractivity contribution in [3.63, 3.8) is 0 Å². The SMILES string of the molecule is C=CCn1c(CSc2nc3ccccc3s2)nnc1SCC(=O)Nc1ccccc1C(=O)[O-].[K+]. The fraction of sp³-hybridized carbons (Fsp3) is 0.136. The van der Waals surface area contributed by atoms with Crippen molar-refractivity contribution < 1.29 is 66.1 Å². The number of amides is 1. The number of thiazole rings is 1. The summed E-state index contributed by atoms with van der Waals surface area (Å²) in [6.45, 7) is 4.30. The molecule has 2 aromatic carbocycles. The van der Waals surface area contributed by atoms with Crippen LogP contribution in [-0.2, 0) is 17.1 Å². The summed E-state index contributed by atoms with van der Waals surface area (Å²) >= 11 is 4.43. The molecule has 4 aromatic rings. The smallest absolute Gasteiger partial charge is 0.545 e. The quantitative estimate of drug-likeness (QED) is 0.177. The average molecular weight is 536 g/mol. The van der Waals surface area contributed by atoms with Crippen LogP contribution in [0.5, 0.6) is 0 Å². The van der Waals surface area contributed by atoms with E-state index in [1.807, 2.05) is 28.8 Å². The zero-order valence-corrected chi connectivity index (χ0v) is 23.8. The van der Waals surface area contributed by atoms with E-state index >= 15 is 0 Å². The van der Waals surface area contributed by atoms with Crippen molar-refractivity contribution in [2.24, 2.45) is 0 Å². The van der Waals surface area contributed by atoms with E-state index < -0.39 is 5.97 Å². The summed E-state index contributed by atoms with van der Waals surface area (Å²) in [4.78, 5) is 28.2. The molecule has 2 heterocycles. The van der Waals surface area contributed by atoms with Crippen molar-refractivity contribution in [3.8, 4) is 0 Å². The predicted octanol–water partition coefficient (Wildman–Crippen LogP) is 0.464. The van der Waals surface area contributed by atoms with Crippen LogP contribution in [0.4, 0.5) is 5.69 Å². The number of allylic oxidation sites excluding steroid dienone is 1. The van der Waals surface area contributed by atoms with Gasteiger partial charge in [0, 0.05) is 17.8 Å². The molecule has 1 amide bonds. The number of carboxylic acid groups (broad SMARTS) is 1. The normalized spacial score (nSPS) is 10.6.